The van der Waals surface area contributed by atoms with E-state index in [1.54, 1.807) is 37.4 Å². The number of nitrogens with one attached hydrogen (secondary N) is 2. The smallest absolute Gasteiger partial charge is 0.408 e. The highest BCUT2D eigenvalue weighted by atomic mass is 32.2. The van der Waals surface area contributed by atoms with Gasteiger partial charge in [-0.3, -0.25) is 9.59 Å². The molecule has 208 valence electrons. The van der Waals surface area contributed by atoms with Crippen LogP contribution < -0.4 is 10.6 Å². The van der Waals surface area contributed by atoms with Crippen molar-refractivity contribution in [3.05, 3.63) is 64.7 Å². The molecule has 0 aliphatic heterocycles. The number of anilines is 1. The highest BCUT2D eigenvalue weighted by Crippen LogP contribution is 2.29. The third kappa shape index (κ3) is 9.08. The Balaban J connectivity index is 2.56. The number of carbonyl (C=O) groups is 3. The molecule has 3 amide bonds. The number of rotatable bonds is 10. The number of carbonyl (C=O) groups excluding carboxylic acids is 3. The normalized spacial score (nSPS) is 13.0. The monoisotopic (exact) mass is 541 g/mol. The molecule has 0 aliphatic rings. The Morgan fingerprint density at radius 1 is 1.00 bits per heavy atom. The van der Waals surface area contributed by atoms with Gasteiger partial charge in [-0.25, -0.2) is 4.79 Å². The van der Waals surface area contributed by atoms with E-state index in [-0.39, 0.29) is 17.9 Å². The second-order valence-corrected chi connectivity index (χ2v) is 11.9. The van der Waals surface area contributed by atoms with Crippen molar-refractivity contribution in [2.24, 2.45) is 0 Å². The lowest BCUT2D eigenvalue weighted by Gasteiger charge is -2.37. The minimum absolute atomic E-state index is 0.313. The highest BCUT2D eigenvalue weighted by molar-refractivity contribution is 7.98. The van der Waals surface area contributed by atoms with Crippen LogP contribution in [0.4, 0.5) is 10.5 Å². The van der Waals surface area contributed by atoms with Crippen molar-refractivity contribution in [3.8, 4) is 0 Å². The van der Waals surface area contributed by atoms with E-state index in [4.69, 9.17) is 4.74 Å². The number of nitrogens with zero attached hydrogens (tertiary/aromatic N) is 1. The van der Waals surface area contributed by atoms with Gasteiger partial charge in [0, 0.05) is 11.7 Å². The molecule has 0 spiro atoms. The molecule has 0 fully saturated rings. The Labute approximate surface area is 232 Å². The van der Waals surface area contributed by atoms with Crippen molar-refractivity contribution < 1.29 is 19.1 Å². The van der Waals surface area contributed by atoms with Gasteiger partial charge in [-0.15, -0.1) is 0 Å². The summed E-state index contributed by atoms with van der Waals surface area (Å²) in [5.41, 5.74) is 3.62. The van der Waals surface area contributed by atoms with E-state index >= 15 is 0 Å². The fraction of sp³-hybridized carbons (Fsp3) is 0.500. The maximum Gasteiger partial charge on any atom is 0.408 e. The molecule has 0 bridgehead atoms. The van der Waals surface area contributed by atoms with Gasteiger partial charge in [0.15, 0.2) is 0 Å². The van der Waals surface area contributed by atoms with Crippen LogP contribution in [0.1, 0.15) is 69.3 Å². The van der Waals surface area contributed by atoms with E-state index in [0.717, 1.165) is 22.3 Å². The van der Waals surface area contributed by atoms with E-state index in [9.17, 15) is 14.4 Å². The van der Waals surface area contributed by atoms with Gasteiger partial charge in [0.05, 0.1) is 0 Å². The van der Waals surface area contributed by atoms with Gasteiger partial charge in [0.1, 0.15) is 17.7 Å². The number of benzene rings is 2. The molecule has 2 atom stereocenters. The molecule has 0 saturated heterocycles. The summed E-state index contributed by atoms with van der Waals surface area (Å²) in [6, 6.07) is 11.4. The molecular weight excluding hydrogens is 498 g/mol. The summed E-state index contributed by atoms with van der Waals surface area (Å²) in [7, 11) is 0. The average Bonchev–Trinajstić information content (AvgIpc) is 2.79. The van der Waals surface area contributed by atoms with Crippen molar-refractivity contribution in [3.63, 3.8) is 0 Å². The minimum atomic E-state index is -0.905. The number of aryl methyl sites for hydroxylation is 3. The maximum atomic E-state index is 14.2. The number of amides is 3. The highest BCUT2D eigenvalue weighted by Gasteiger charge is 2.38. The largest absolute Gasteiger partial charge is 0.444 e. The lowest BCUT2D eigenvalue weighted by atomic mass is 9.97. The Morgan fingerprint density at radius 2 is 1.61 bits per heavy atom. The first-order valence-corrected chi connectivity index (χ1v) is 14.4. The van der Waals surface area contributed by atoms with Crippen LogP contribution in [-0.2, 0) is 14.3 Å². The molecule has 2 aromatic carbocycles. The van der Waals surface area contributed by atoms with Crippen molar-refractivity contribution in [2.75, 3.05) is 17.3 Å². The SMILES string of the molecule is CSCCC(NC(=O)OC(C)(C)C)C(=O)N(C(C)C)C(C(=O)Nc1ccccc1C)c1cc(C)cc(C)c1. The topological polar surface area (TPSA) is 87.7 Å². The lowest BCUT2D eigenvalue weighted by molar-refractivity contribution is -0.143. The molecule has 2 unspecified atom stereocenters. The number of ether oxygens (including phenoxy) is 1. The molecule has 38 heavy (non-hydrogen) atoms. The van der Waals surface area contributed by atoms with Crippen molar-refractivity contribution >= 4 is 35.4 Å². The molecule has 7 nitrogen and oxygen atoms in total. The number of thioether (sulfide) groups is 1. The molecule has 2 N–H and O–H groups in total. The van der Waals surface area contributed by atoms with Gasteiger partial charge >= 0.3 is 6.09 Å². The van der Waals surface area contributed by atoms with Crippen LogP contribution in [0.15, 0.2) is 42.5 Å². The van der Waals surface area contributed by atoms with Gasteiger partial charge in [0.25, 0.3) is 5.91 Å². The first kappa shape index (κ1) is 31.2. The fourth-order valence-corrected chi connectivity index (χ4v) is 4.79. The Kier molecular flexibility index (Phi) is 11.2. The van der Waals surface area contributed by atoms with Crippen molar-refractivity contribution in [1.82, 2.24) is 10.2 Å². The molecule has 0 saturated carbocycles. The molecule has 0 aliphatic carbocycles. The first-order valence-electron chi connectivity index (χ1n) is 13.0. The predicted octanol–water partition coefficient (Wildman–Crippen LogP) is 6.18. The average molecular weight is 542 g/mol. The summed E-state index contributed by atoms with van der Waals surface area (Å²) in [5.74, 6) is 0.0122. The zero-order valence-electron chi connectivity index (χ0n) is 24.2. The number of hydrogen-bond donors (Lipinski definition) is 2. The second-order valence-electron chi connectivity index (χ2n) is 10.9. The third-order valence-corrected chi connectivity index (χ3v) is 6.54. The zero-order chi connectivity index (χ0) is 28.6. The van der Waals surface area contributed by atoms with E-state index < -0.39 is 23.8 Å². The summed E-state index contributed by atoms with van der Waals surface area (Å²) in [5, 5.41) is 5.82. The summed E-state index contributed by atoms with van der Waals surface area (Å²) < 4.78 is 5.45. The molecule has 0 heterocycles. The summed E-state index contributed by atoms with van der Waals surface area (Å²) >= 11 is 1.58. The molecule has 2 aromatic rings. The molecule has 2 rings (SSSR count). The zero-order valence-corrected chi connectivity index (χ0v) is 25.0. The van der Waals surface area contributed by atoms with Crippen LogP contribution in [0.2, 0.25) is 0 Å². The van der Waals surface area contributed by atoms with Crippen LogP contribution in [0.5, 0.6) is 0 Å². The maximum absolute atomic E-state index is 14.2. The molecule has 0 radical (unpaired) electrons. The van der Waals surface area contributed by atoms with Gasteiger partial charge < -0.3 is 20.3 Å². The van der Waals surface area contributed by atoms with Crippen molar-refractivity contribution in [1.29, 1.82) is 0 Å². The van der Waals surface area contributed by atoms with Gasteiger partial charge in [-0.2, -0.15) is 11.8 Å². The Bertz CT molecular complexity index is 1110. The quantitative estimate of drug-likeness (QED) is 0.375. The Morgan fingerprint density at radius 3 is 2.13 bits per heavy atom. The van der Waals surface area contributed by atoms with Gasteiger partial charge in [-0.05, 0) is 91.0 Å². The van der Waals surface area contributed by atoms with E-state index in [0.29, 0.717) is 17.9 Å². The second kappa shape index (κ2) is 13.7. The lowest BCUT2D eigenvalue weighted by Crippen LogP contribution is -2.54. The fourth-order valence-electron chi connectivity index (χ4n) is 4.32. The van der Waals surface area contributed by atoms with Gasteiger partial charge in [0.2, 0.25) is 5.91 Å². The third-order valence-electron chi connectivity index (χ3n) is 5.90. The number of alkyl carbamates (subject to hydrolysis) is 1. The predicted molar refractivity (Wildman–Crippen MR) is 157 cm³/mol. The molecule has 8 heteroatoms. The van der Waals surface area contributed by atoms with E-state index in [2.05, 4.69) is 10.6 Å². The molecular formula is C30H43N3O4S. The van der Waals surface area contributed by atoms with Crippen LogP contribution in [-0.4, -0.2) is 52.5 Å². The first-order chi connectivity index (χ1) is 17.7. The number of hydrogen-bond acceptors (Lipinski definition) is 5. The van der Waals surface area contributed by atoms with Crippen molar-refractivity contribution in [2.45, 2.75) is 85.5 Å². The van der Waals surface area contributed by atoms with E-state index in [1.807, 2.05) is 83.3 Å². The van der Waals surface area contributed by atoms with Crippen LogP contribution in [0.25, 0.3) is 0 Å². The van der Waals surface area contributed by atoms with Crippen LogP contribution in [0, 0.1) is 20.8 Å². The Hall–Kier alpha value is -3.00. The summed E-state index contributed by atoms with van der Waals surface area (Å²) in [4.78, 5) is 42.4. The van der Waals surface area contributed by atoms with Crippen LogP contribution in [0.3, 0.4) is 0 Å². The minimum Gasteiger partial charge on any atom is -0.444 e. The van der Waals surface area contributed by atoms with E-state index in [1.165, 1.54) is 0 Å². The molecule has 0 aromatic heterocycles. The van der Waals surface area contributed by atoms with Crippen LogP contribution >= 0.6 is 11.8 Å². The number of para-hydroxylation sites is 1. The van der Waals surface area contributed by atoms with Gasteiger partial charge in [-0.1, -0.05) is 47.5 Å². The summed E-state index contributed by atoms with van der Waals surface area (Å²) in [6.07, 6.45) is 1.69. The standard InChI is InChI=1S/C30H43N3O4S/c1-19(2)33(28(35)25(14-15-38-9)32-29(36)37-30(6,7)8)26(23-17-20(3)16-21(4)18-23)27(34)31-24-13-11-10-12-22(24)5/h10-13,16-19,25-26H,14-15H2,1-9H3,(H,31,34)(H,32,36). The summed E-state index contributed by atoms with van der Waals surface area (Å²) in [6.45, 7) is 15.0.